The monoisotopic (exact) mass is 837 g/mol. The Morgan fingerprint density at radius 2 is 1.47 bits per heavy atom. The molecular formula is C40H41ClF5N3O7S. The van der Waals surface area contributed by atoms with E-state index in [-0.39, 0.29) is 34.9 Å². The third-order valence-electron chi connectivity index (χ3n) is 10.6. The molecule has 4 aromatic carbocycles. The molecule has 1 saturated carbocycles. The number of hydrogen-bond donors (Lipinski definition) is 3. The average Bonchev–Trinajstić information content (AvgIpc) is 3.78. The summed E-state index contributed by atoms with van der Waals surface area (Å²) >= 11 is 6.05. The number of fused-ring (bicyclic) bond motifs is 3. The predicted molar refractivity (Wildman–Crippen MR) is 203 cm³/mol. The van der Waals surface area contributed by atoms with Crippen LogP contribution in [0.2, 0.25) is 5.02 Å². The van der Waals surface area contributed by atoms with Crippen molar-refractivity contribution in [3.63, 3.8) is 0 Å². The van der Waals surface area contributed by atoms with Gasteiger partial charge in [0.2, 0.25) is 15.9 Å². The normalized spacial score (nSPS) is 20.5. The van der Waals surface area contributed by atoms with Gasteiger partial charge in [0.25, 0.3) is 5.92 Å². The van der Waals surface area contributed by atoms with Crippen LogP contribution in [0.3, 0.4) is 0 Å². The first-order chi connectivity index (χ1) is 26.9. The molecule has 2 aliphatic heterocycles. The first-order valence-electron chi connectivity index (χ1n) is 18.3. The largest absolute Gasteiger partial charge is 0.496 e. The second-order valence-electron chi connectivity index (χ2n) is 14.5. The first-order valence-corrected chi connectivity index (χ1v) is 20.2. The Morgan fingerprint density at radius 3 is 2.07 bits per heavy atom. The van der Waals surface area contributed by atoms with Gasteiger partial charge >= 0.3 is 12.1 Å². The van der Waals surface area contributed by atoms with Crippen LogP contribution in [0.1, 0.15) is 56.9 Å². The Labute approximate surface area is 331 Å². The molecule has 306 valence electrons. The number of carboxylic acids is 1. The van der Waals surface area contributed by atoms with Gasteiger partial charge in [-0.3, -0.25) is 4.79 Å². The molecule has 0 aromatic heterocycles. The number of nitrogens with two attached hydrogens (primary N) is 1. The van der Waals surface area contributed by atoms with Crippen LogP contribution in [-0.2, 0) is 25.5 Å². The molecule has 2 unspecified atom stereocenters. The summed E-state index contributed by atoms with van der Waals surface area (Å²) in [6.45, 7) is 0. The summed E-state index contributed by atoms with van der Waals surface area (Å²) in [6, 6.07) is 17.1. The summed E-state index contributed by atoms with van der Waals surface area (Å²) in [5.74, 6) is -6.89. The Hall–Kier alpha value is -4.51. The van der Waals surface area contributed by atoms with E-state index in [1.807, 2.05) is 6.07 Å². The number of aliphatic carboxylic acids is 1. The number of carbonyl (C=O) groups excluding carboxylic acids is 1. The van der Waals surface area contributed by atoms with E-state index in [1.165, 1.54) is 36.3 Å². The molecule has 7 rings (SSSR count). The number of carbonyl (C=O) groups is 2. The minimum atomic E-state index is -5.08. The molecule has 57 heavy (non-hydrogen) atoms. The minimum Gasteiger partial charge on any atom is -0.496 e. The van der Waals surface area contributed by atoms with Crippen molar-refractivity contribution >= 4 is 44.3 Å². The molecular weight excluding hydrogens is 797 g/mol. The number of nitrogens with one attached hydrogen (secondary N) is 1. The fourth-order valence-electron chi connectivity index (χ4n) is 7.80. The lowest BCUT2D eigenvalue weighted by molar-refractivity contribution is -0.192. The van der Waals surface area contributed by atoms with Crippen molar-refractivity contribution in [1.29, 1.82) is 0 Å². The summed E-state index contributed by atoms with van der Waals surface area (Å²) in [5, 5.41) is 8.97. The van der Waals surface area contributed by atoms with Gasteiger partial charge in [-0.2, -0.15) is 26.7 Å². The fraction of sp³-hybridized carbons (Fsp3) is 0.400. The molecule has 2 heterocycles. The van der Waals surface area contributed by atoms with Crippen molar-refractivity contribution in [3.8, 4) is 22.6 Å². The molecule has 0 radical (unpaired) electrons. The summed E-state index contributed by atoms with van der Waals surface area (Å²) in [6.07, 6.45) is 1.50. The first kappa shape index (κ1) is 42.1. The number of piperidine rings is 1. The molecule has 10 nitrogen and oxygen atoms in total. The van der Waals surface area contributed by atoms with Crippen molar-refractivity contribution in [2.75, 3.05) is 7.11 Å². The van der Waals surface area contributed by atoms with Crippen molar-refractivity contribution in [3.05, 3.63) is 89.4 Å². The number of carboxylic acid groups (broad SMARTS) is 1. The highest BCUT2D eigenvalue weighted by atomic mass is 35.5. The minimum absolute atomic E-state index is 0.133. The molecule has 2 saturated heterocycles. The molecule has 1 amide bonds. The quantitative estimate of drug-likeness (QED) is 0.136. The van der Waals surface area contributed by atoms with Crippen LogP contribution < -0.4 is 19.9 Å². The van der Waals surface area contributed by atoms with Crippen LogP contribution in [0.5, 0.6) is 11.5 Å². The number of ether oxygens (including phenoxy) is 2. The number of sulfonamides is 1. The van der Waals surface area contributed by atoms with Crippen LogP contribution in [0.15, 0.2) is 83.8 Å². The number of rotatable bonds is 10. The molecule has 0 spiro atoms. The van der Waals surface area contributed by atoms with Gasteiger partial charge in [0.15, 0.2) is 6.04 Å². The standard InChI is InChI=1S/C38H40ClF2N3O5S.C2HF3O2/c1-48-35-20-26(10-17-34(35)23-6-11-27(39)12-7-23)38(40,41)36(37(45)44-29-13-14-30(44)22-28(42)21-29)43-50(46,47)33-16-9-24-18-32(15-8-25(24)19-33)49-31-4-2-3-5-31;3-2(4,5)1(6)7/h6-12,15-20,28-31,36,43H,2-5,13-14,21-22,42H2,1H3;(H,6,7)/t28?,29?,30?,36-;/m0./s1. The number of hydrogen-bond acceptors (Lipinski definition) is 7. The number of alkyl halides is 5. The highest BCUT2D eigenvalue weighted by molar-refractivity contribution is 7.89. The SMILES string of the molecule is COc1cc(C(F)(F)[C@@H](NS(=O)(=O)c2ccc3cc(OC4CCCC4)ccc3c2)C(=O)N2C3CCC2CC(N)C3)ccc1-c1ccc(Cl)cc1.O=C(O)C(F)(F)F. The lowest BCUT2D eigenvalue weighted by Crippen LogP contribution is -2.60. The molecule has 17 heteroatoms. The third-order valence-corrected chi connectivity index (χ3v) is 12.3. The summed E-state index contributed by atoms with van der Waals surface area (Å²) < 4.78 is 107. The van der Waals surface area contributed by atoms with Crippen molar-refractivity contribution in [1.82, 2.24) is 9.62 Å². The Balaban J connectivity index is 0.000000719. The zero-order chi connectivity index (χ0) is 41.3. The smallest absolute Gasteiger partial charge is 0.490 e. The van der Waals surface area contributed by atoms with Gasteiger partial charge in [-0.15, -0.1) is 0 Å². The maximum absolute atomic E-state index is 16.9. The molecule has 2 bridgehead atoms. The average molecular weight is 838 g/mol. The molecule has 1 aliphatic carbocycles. The molecule has 3 atom stereocenters. The van der Waals surface area contributed by atoms with Crippen LogP contribution >= 0.6 is 11.6 Å². The van der Waals surface area contributed by atoms with Crippen LogP contribution in [0.4, 0.5) is 22.0 Å². The summed E-state index contributed by atoms with van der Waals surface area (Å²) in [5.41, 5.74) is 6.87. The van der Waals surface area contributed by atoms with Gasteiger partial charge in [-0.25, -0.2) is 13.2 Å². The van der Waals surface area contributed by atoms with Gasteiger partial charge in [0.1, 0.15) is 11.5 Å². The van der Waals surface area contributed by atoms with E-state index >= 15 is 8.78 Å². The lowest BCUT2D eigenvalue weighted by Gasteiger charge is -2.41. The van der Waals surface area contributed by atoms with E-state index in [9.17, 15) is 26.4 Å². The van der Waals surface area contributed by atoms with E-state index in [1.54, 1.807) is 42.5 Å². The zero-order valence-electron chi connectivity index (χ0n) is 30.6. The number of halogens is 6. The lowest BCUT2D eigenvalue weighted by atomic mass is 9.93. The van der Waals surface area contributed by atoms with Gasteiger partial charge < -0.3 is 25.2 Å². The van der Waals surface area contributed by atoms with E-state index in [4.69, 9.17) is 36.7 Å². The number of nitrogens with zero attached hydrogens (tertiary/aromatic N) is 1. The van der Waals surface area contributed by atoms with E-state index < -0.39 is 45.6 Å². The second-order valence-corrected chi connectivity index (χ2v) is 16.6. The zero-order valence-corrected chi connectivity index (χ0v) is 32.2. The highest BCUT2D eigenvalue weighted by Crippen LogP contribution is 2.42. The molecule has 4 aromatic rings. The summed E-state index contributed by atoms with van der Waals surface area (Å²) in [4.78, 5) is 24.4. The Morgan fingerprint density at radius 1 is 0.877 bits per heavy atom. The third kappa shape index (κ3) is 9.46. The van der Waals surface area contributed by atoms with E-state index in [0.717, 1.165) is 37.1 Å². The maximum Gasteiger partial charge on any atom is 0.490 e. The Kier molecular flexibility index (Phi) is 12.4. The molecule has 3 aliphatic rings. The second kappa shape index (κ2) is 16.8. The van der Waals surface area contributed by atoms with Crippen LogP contribution in [0, 0.1) is 0 Å². The number of methoxy groups -OCH3 is 1. The number of amides is 1. The Bertz CT molecular complexity index is 2210. The topological polar surface area (TPSA) is 148 Å². The van der Waals surface area contributed by atoms with Gasteiger partial charge in [-0.1, -0.05) is 48.0 Å². The van der Waals surface area contributed by atoms with Gasteiger partial charge in [0, 0.05) is 34.3 Å². The van der Waals surface area contributed by atoms with Crippen molar-refractivity contribution in [2.24, 2.45) is 5.73 Å². The maximum atomic E-state index is 16.9. The van der Waals surface area contributed by atoms with Crippen LogP contribution in [-0.4, -0.2) is 73.9 Å². The molecule has 4 N–H and O–H groups in total. The van der Waals surface area contributed by atoms with E-state index in [0.29, 0.717) is 53.0 Å². The highest BCUT2D eigenvalue weighted by Gasteiger charge is 2.54. The predicted octanol–water partition coefficient (Wildman–Crippen LogP) is 8.04. The van der Waals surface area contributed by atoms with Gasteiger partial charge in [-0.05, 0) is 110 Å². The van der Waals surface area contributed by atoms with E-state index in [2.05, 4.69) is 4.72 Å². The number of benzene rings is 4. The van der Waals surface area contributed by atoms with Gasteiger partial charge in [0.05, 0.1) is 18.1 Å². The van der Waals surface area contributed by atoms with Crippen molar-refractivity contribution < 1.29 is 54.5 Å². The fourth-order valence-corrected chi connectivity index (χ4v) is 9.16. The van der Waals surface area contributed by atoms with Crippen molar-refractivity contribution in [2.45, 2.75) is 98.6 Å². The van der Waals surface area contributed by atoms with Crippen LogP contribution in [0.25, 0.3) is 21.9 Å². The molecule has 3 fully saturated rings. The summed E-state index contributed by atoms with van der Waals surface area (Å²) in [7, 11) is -3.27.